The Morgan fingerprint density at radius 1 is 1.26 bits per heavy atom. The number of hydrogen-bond donors (Lipinski definition) is 5. The smallest absolute Gasteiger partial charge is 0.328 e. The number of hydrogen-bond acceptors (Lipinski definition) is 9. The molecule has 0 bridgehead atoms. The van der Waals surface area contributed by atoms with Crippen molar-refractivity contribution in [1.29, 1.82) is 0 Å². The molecule has 0 saturated carbocycles. The van der Waals surface area contributed by atoms with Crippen LogP contribution in [0.2, 0.25) is 0 Å². The maximum atomic E-state index is 12.0. The van der Waals surface area contributed by atoms with Crippen LogP contribution < -0.4 is 16.4 Å². The molecule has 0 fully saturated rings. The van der Waals surface area contributed by atoms with Crippen molar-refractivity contribution in [1.82, 2.24) is 30.8 Å². The van der Waals surface area contributed by atoms with Gasteiger partial charge in [0.2, 0.25) is 11.8 Å². The molecule has 0 saturated heterocycles. The van der Waals surface area contributed by atoms with Gasteiger partial charge in [-0.2, -0.15) is 0 Å². The normalized spacial score (nSPS) is 14.0. The van der Waals surface area contributed by atoms with Crippen molar-refractivity contribution in [3.63, 3.8) is 0 Å². The molecule has 27 heavy (non-hydrogen) atoms. The molecule has 0 spiro atoms. The number of carboxylic acid groups (broad SMARTS) is 1. The number of aliphatic carboxylic acids is 1. The second-order valence-electron chi connectivity index (χ2n) is 5.43. The molecule has 2 aromatic rings. The average molecular weight is 379 g/mol. The number of nitrogens with zero attached hydrogens (tertiary/aromatic N) is 4. The summed E-state index contributed by atoms with van der Waals surface area (Å²) < 4.78 is 5.39. The fourth-order valence-electron chi connectivity index (χ4n) is 2.02. The first-order valence-corrected chi connectivity index (χ1v) is 7.64. The number of aromatic nitrogens is 4. The van der Waals surface area contributed by atoms with Crippen LogP contribution in [0.25, 0.3) is 11.6 Å². The summed E-state index contributed by atoms with van der Waals surface area (Å²) in [5.41, 5.74) is 5.44. The molecule has 2 heterocycles. The summed E-state index contributed by atoms with van der Waals surface area (Å²) in [6.45, 7) is 1.20. The Kier molecular flexibility index (Phi) is 6.32. The number of carbonyl (C=O) groups is 3. The summed E-state index contributed by atoms with van der Waals surface area (Å²) in [4.78, 5) is 42.2. The van der Waals surface area contributed by atoms with Crippen LogP contribution in [-0.2, 0) is 9.59 Å². The summed E-state index contributed by atoms with van der Waals surface area (Å²) in [5.74, 6) is -2.35. The van der Waals surface area contributed by atoms with Gasteiger partial charge in [-0.15, -0.1) is 10.2 Å². The highest BCUT2D eigenvalue weighted by Gasteiger charge is 2.28. The van der Waals surface area contributed by atoms with Gasteiger partial charge in [-0.1, -0.05) is 0 Å². The SMILES string of the molecule is CC(O)[C@H](NC(=O)N[C@@H](CC(N)=O)c1nnc(-c2cnccn2)o1)C(=O)O. The molecule has 1 unspecified atom stereocenters. The van der Waals surface area contributed by atoms with Crippen LogP contribution >= 0.6 is 0 Å². The molecule has 6 N–H and O–H groups in total. The van der Waals surface area contributed by atoms with Gasteiger partial charge >= 0.3 is 12.0 Å². The van der Waals surface area contributed by atoms with E-state index in [1.165, 1.54) is 25.5 Å². The fraction of sp³-hybridized carbons (Fsp3) is 0.357. The lowest BCUT2D eigenvalue weighted by Gasteiger charge is -2.19. The van der Waals surface area contributed by atoms with Crippen LogP contribution in [-0.4, -0.2) is 60.4 Å². The quantitative estimate of drug-likeness (QED) is 0.361. The largest absolute Gasteiger partial charge is 0.480 e. The zero-order valence-corrected chi connectivity index (χ0v) is 14.1. The minimum absolute atomic E-state index is 0.00201. The number of amides is 3. The highest BCUT2D eigenvalue weighted by molar-refractivity contribution is 5.83. The zero-order chi connectivity index (χ0) is 20.0. The molecule has 0 radical (unpaired) electrons. The molecular formula is C14H17N7O6. The molecule has 13 nitrogen and oxygen atoms in total. The fourth-order valence-corrected chi connectivity index (χ4v) is 2.02. The molecule has 3 atom stereocenters. The number of carbonyl (C=O) groups excluding carboxylic acids is 2. The molecule has 0 aliphatic rings. The van der Waals surface area contributed by atoms with Crippen molar-refractivity contribution in [2.24, 2.45) is 5.73 Å². The van der Waals surface area contributed by atoms with E-state index in [9.17, 15) is 19.5 Å². The van der Waals surface area contributed by atoms with Gasteiger partial charge in [0.25, 0.3) is 5.89 Å². The first-order chi connectivity index (χ1) is 12.8. The average Bonchev–Trinajstić information content (AvgIpc) is 3.09. The Morgan fingerprint density at radius 2 is 2.00 bits per heavy atom. The molecule has 2 rings (SSSR count). The third-order valence-electron chi connectivity index (χ3n) is 3.27. The second kappa shape index (κ2) is 8.66. The van der Waals surface area contributed by atoms with Crippen molar-refractivity contribution in [2.75, 3.05) is 0 Å². The van der Waals surface area contributed by atoms with Gasteiger partial charge in [-0.3, -0.25) is 9.78 Å². The monoisotopic (exact) mass is 379 g/mol. The summed E-state index contributed by atoms with van der Waals surface area (Å²) in [5, 5.41) is 30.3. The van der Waals surface area contributed by atoms with Crippen molar-refractivity contribution >= 4 is 17.9 Å². The van der Waals surface area contributed by atoms with E-state index in [4.69, 9.17) is 15.3 Å². The Hall–Kier alpha value is -3.61. The third kappa shape index (κ3) is 5.43. The number of nitrogens with one attached hydrogen (secondary N) is 2. The first-order valence-electron chi connectivity index (χ1n) is 7.64. The van der Waals surface area contributed by atoms with E-state index in [1.54, 1.807) is 0 Å². The summed E-state index contributed by atoms with van der Waals surface area (Å²) >= 11 is 0. The van der Waals surface area contributed by atoms with E-state index in [0.717, 1.165) is 0 Å². The van der Waals surface area contributed by atoms with Gasteiger partial charge in [-0.25, -0.2) is 14.6 Å². The third-order valence-corrected chi connectivity index (χ3v) is 3.27. The standard InChI is InChI=1S/C14H17N7O6/c1-6(22)10(13(24)25)19-14(26)18-7(4-9(15)23)11-20-21-12(27-11)8-5-16-2-3-17-8/h2-3,5-7,10,22H,4H2,1H3,(H2,15,23)(H,24,25)(H2,18,19,26)/t6?,7-,10-/m0/s1. The lowest BCUT2D eigenvalue weighted by atomic mass is 10.2. The molecular weight excluding hydrogens is 362 g/mol. The summed E-state index contributed by atoms with van der Waals surface area (Å²) in [7, 11) is 0. The Bertz CT molecular complexity index is 809. The predicted octanol–water partition coefficient (Wildman–Crippen LogP) is -1.42. The van der Waals surface area contributed by atoms with Crippen molar-refractivity contribution in [2.45, 2.75) is 31.5 Å². The Morgan fingerprint density at radius 3 is 2.56 bits per heavy atom. The van der Waals surface area contributed by atoms with Crippen LogP contribution in [0.5, 0.6) is 0 Å². The lowest BCUT2D eigenvalue weighted by molar-refractivity contribution is -0.141. The minimum atomic E-state index is -1.56. The molecule has 2 aromatic heterocycles. The van der Waals surface area contributed by atoms with Crippen LogP contribution in [0.3, 0.4) is 0 Å². The van der Waals surface area contributed by atoms with E-state index in [2.05, 4.69) is 30.8 Å². The second-order valence-corrected chi connectivity index (χ2v) is 5.43. The van der Waals surface area contributed by atoms with Crippen LogP contribution in [0.4, 0.5) is 4.79 Å². The molecule has 0 aliphatic heterocycles. The van der Waals surface area contributed by atoms with Gasteiger partial charge < -0.3 is 31.0 Å². The maximum absolute atomic E-state index is 12.0. The highest BCUT2D eigenvalue weighted by Crippen LogP contribution is 2.20. The number of nitrogens with two attached hydrogens (primary N) is 1. The van der Waals surface area contributed by atoms with Gasteiger partial charge in [-0.05, 0) is 6.92 Å². The Balaban J connectivity index is 2.16. The van der Waals surface area contributed by atoms with Crippen molar-refractivity contribution in [3.05, 3.63) is 24.5 Å². The molecule has 3 amide bonds. The number of carboxylic acids is 1. The van der Waals surface area contributed by atoms with Crippen LogP contribution in [0.15, 0.2) is 23.0 Å². The topological polar surface area (TPSA) is 206 Å². The number of rotatable bonds is 8. The van der Waals surface area contributed by atoms with E-state index < -0.39 is 36.1 Å². The Labute approximate surface area is 152 Å². The number of primary amides is 1. The first kappa shape index (κ1) is 19.7. The molecule has 13 heteroatoms. The van der Waals surface area contributed by atoms with E-state index >= 15 is 0 Å². The van der Waals surface area contributed by atoms with Crippen LogP contribution in [0.1, 0.15) is 25.3 Å². The van der Waals surface area contributed by atoms with Crippen LogP contribution in [0, 0.1) is 0 Å². The van der Waals surface area contributed by atoms with E-state index in [0.29, 0.717) is 0 Å². The number of urea groups is 1. The van der Waals surface area contributed by atoms with Crippen molar-refractivity contribution in [3.8, 4) is 11.6 Å². The molecule has 0 aliphatic carbocycles. The van der Waals surface area contributed by atoms with E-state index in [-0.39, 0.29) is 23.9 Å². The maximum Gasteiger partial charge on any atom is 0.328 e. The number of aliphatic hydroxyl groups excluding tert-OH is 1. The van der Waals surface area contributed by atoms with Gasteiger partial charge in [0.15, 0.2) is 6.04 Å². The highest BCUT2D eigenvalue weighted by atomic mass is 16.4. The van der Waals surface area contributed by atoms with Gasteiger partial charge in [0.05, 0.1) is 18.7 Å². The van der Waals surface area contributed by atoms with Gasteiger partial charge in [0.1, 0.15) is 11.7 Å². The molecule has 0 aromatic carbocycles. The van der Waals surface area contributed by atoms with E-state index in [1.807, 2.05) is 0 Å². The van der Waals surface area contributed by atoms with Crippen molar-refractivity contribution < 1.29 is 29.0 Å². The lowest BCUT2D eigenvalue weighted by Crippen LogP contribution is -2.52. The van der Waals surface area contributed by atoms with Gasteiger partial charge in [0, 0.05) is 12.4 Å². The summed E-state index contributed by atoms with van der Waals surface area (Å²) in [6, 6.07) is -3.66. The molecule has 144 valence electrons. The predicted molar refractivity (Wildman–Crippen MR) is 86.6 cm³/mol. The minimum Gasteiger partial charge on any atom is -0.480 e. The number of aliphatic hydroxyl groups is 1. The summed E-state index contributed by atoms with van der Waals surface area (Å²) in [6.07, 6.45) is 2.49. The zero-order valence-electron chi connectivity index (χ0n) is 14.1.